The molecule has 128 valence electrons. The molecule has 0 aliphatic carbocycles. The van der Waals surface area contributed by atoms with Gasteiger partial charge < -0.3 is 9.73 Å². The lowest BCUT2D eigenvalue weighted by Gasteiger charge is -2.06. The monoisotopic (exact) mass is 454 g/mol. The van der Waals surface area contributed by atoms with Gasteiger partial charge >= 0.3 is 0 Å². The van der Waals surface area contributed by atoms with E-state index in [1.165, 1.54) is 12.3 Å². The van der Waals surface area contributed by atoms with Crippen molar-refractivity contribution < 1.29 is 18.0 Å². The van der Waals surface area contributed by atoms with Crippen molar-refractivity contribution in [3.63, 3.8) is 0 Å². The number of nitrogens with one attached hydrogen (secondary N) is 1. The lowest BCUT2D eigenvalue weighted by atomic mass is 10.2. The van der Waals surface area contributed by atoms with Crippen LogP contribution in [-0.2, 0) is 11.2 Å². The summed E-state index contributed by atoms with van der Waals surface area (Å²) in [4.78, 5) is 16.1. The van der Waals surface area contributed by atoms with Crippen molar-refractivity contribution in [2.75, 3.05) is 5.32 Å². The number of carbonyl (C=O) groups is 1. The second-order valence-corrected chi connectivity index (χ2v) is 6.43. The van der Waals surface area contributed by atoms with Gasteiger partial charge in [0, 0.05) is 22.5 Å². The Balaban J connectivity index is 1.62. The molecular formula is C18H13F2IN2O2. The van der Waals surface area contributed by atoms with E-state index in [1.807, 2.05) is 24.3 Å². The Morgan fingerprint density at radius 2 is 2.00 bits per heavy atom. The van der Waals surface area contributed by atoms with E-state index < -0.39 is 11.6 Å². The smallest absolute Gasteiger partial charge is 0.224 e. The molecule has 3 rings (SSSR count). The van der Waals surface area contributed by atoms with E-state index in [9.17, 15) is 13.6 Å². The van der Waals surface area contributed by atoms with Gasteiger partial charge in [-0.3, -0.25) is 4.79 Å². The Hall–Kier alpha value is -2.29. The average molecular weight is 454 g/mol. The molecule has 1 heterocycles. The summed E-state index contributed by atoms with van der Waals surface area (Å²) in [5, 5.41) is 2.82. The maximum Gasteiger partial charge on any atom is 0.224 e. The van der Waals surface area contributed by atoms with Crippen LogP contribution in [0.15, 0.2) is 53.1 Å². The summed E-state index contributed by atoms with van der Waals surface area (Å²) in [6, 6.07) is 10.7. The lowest BCUT2D eigenvalue weighted by molar-refractivity contribution is -0.116. The van der Waals surface area contributed by atoms with E-state index in [0.717, 1.165) is 21.4 Å². The fourth-order valence-corrected chi connectivity index (χ4v) is 2.76. The number of para-hydroxylation sites is 1. The van der Waals surface area contributed by atoms with Crippen molar-refractivity contribution in [1.29, 1.82) is 0 Å². The van der Waals surface area contributed by atoms with Gasteiger partial charge in [0.25, 0.3) is 0 Å². The molecule has 0 atom stereocenters. The number of benzene rings is 2. The molecular weight excluding hydrogens is 441 g/mol. The number of hydrogen-bond donors (Lipinski definition) is 1. The van der Waals surface area contributed by atoms with Crippen LogP contribution in [-0.4, -0.2) is 10.9 Å². The average Bonchev–Trinajstić information content (AvgIpc) is 3.04. The Morgan fingerprint density at radius 1 is 1.20 bits per heavy atom. The molecule has 0 radical (unpaired) electrons. The van der Waals surface area contributed by atoms with Crippen molar-refractivity contribution in [2.24, 2.45) is 0 Å². The standard InChI is InChI=1S/C18H13F2IN2O2/c19-11-5-6-12(13(20)9-11)16-10-22-18(25-16)8-7-17(24)23-15-4-2-1-3-14(15)21/h1-6,9-10H,7-8H2,(H,23,24). The molecule has 0 unspecified atom stereocenters. The van der Waals surface area contributed by atoms with Crippen LogP contribution in [0.1, 0.15) is 12.3 Å². The molecule has 0 aliphatic rings. The summed E-state index contributed by atoms with van der Waals surface area (Å²) < 4.78 is 33.1. The van der Waals surface area contributed by atoms with E-state index in [0.29, 0.717) is 5.89 Å². The van der Waals surface area contributed by atoms with Crippen LogP contribution in [0.4, 0.5) is 14.5 Å². The fraction of sp³-hybridized carbons (Fsp3) is 0.111. The van der Waals surface area contributed by atoms with Crippen LogP contribution < -0.4 is 5.32 Å². The minimum absolute atomic E-state index is 0.128. The predicted octanol–water partition coefficient (Wildman–Crippen LogP) is 4.80. The SMILES string of the molecule is O=C(CCc1ncc(-c2ccc(F)cc2F)o1)Nc1ccccc1I. The Kier molecular flexibility index (Phi) is 5.42. The van der Waals surface area contributed by atoms with Gasteiger partial charge in [-0.1, -0.05) is 12.1 Å². The highest BCUT2D eigenvalue weighted by atomic mass is 127. The third-order valence-electron chi connectivity index (χ3n) is 3.46. The summed E-state index contributed by atoms with van der Waals surface area (Å²) in [6.45, 7) is 0. The zero-order chi connectivity index (χ0) is 17.8. The molecule has 1 N–H and O–H groups in total. The van der Waals surface area contributed by atoms with Crippen molar-refractivity contribution >= 4 is 34.2 Å². The van der Waals surface area contributed by atoms with Gasteiger partial charge in [-0.05, 0) is 46.9 Å². The van der Waals surface area contributed by atoms with E-state index in [4.69, 9.17) is 4.42 Å². The van der Waals surface area contributed by atoms with Crippen LogP contribution in [0, 0.1) is 15.2 Å². The maximum absolute atomic E-state index is 13.7. The summed E-state index contributed by atoms with van der Waals surface area (Å²) in [5.74, 6) is -1.04. The number of aromatic nitrogens is 1. The molecule has 1 aromatic heterocycles. The number of hydrogen-bond acceptors (Lipinski definition) is 3. The van der Waals surface area contributed by atoms with E-state index in [-0.39, 0.29) is 30.1 Å². The van der Waals surface area contributed by atoms with Crippen LogP contribution in [0.5, 0.6) is 0 Å². The number of oxazole rings is 1. The van der Waals surface area contributed by atoms with Crippen LogP contribution in [0.25, 0.3) is 11.3 Å². The van der Waals surface area contributed by atoms with Crippen LogP contribution in [0.3, 0.4) is 0 Å². The van der Waals surface area contributed by atoms with Crippen molar-refractivity contribution in [2.45, 2.75) is 12.8 Å². The van der Waals surface area contributed by atoms with Gasteiger partial charge in [0.2, 0.25) is 5.91 Å². The minimum Gasteiger partial charge on any atom is -0.441 e. The third-order valence-corrected chi connectivity index (χ3v) is 4.40. The molecule has 0 spiro atoms. The summed E-state index contributed by atoms with van der Waals surface area (Å²) in [6.07, 6.45) is 1.82. The van der Waals surface area contributed by atoms with Gasteiger partial charge in [-0.15, -0.1) is 0 Å². The highest BCUT2D eigenvalue weighted by molar-refractivity contribution is 14.1. The second kappa shape index (κ2) is 7.73. The molecule has 0 aliphatic heterocycles. The number of carbonyl (C=O) groups excluding carboxylic acids is 1. The van der Waals surface area contributed by atoms with Gasteiger partial charge in [-0.25, -0.2) is 13.8 Å². The first-order valence-electron chi connectivity index (χ1n) is 7.47. The first-order chi connectivity index (χ1) is 12.0. The normalized spacial score (nSPS) is 10.7. The molecule has 1 amide bonds. The molecule has 2 aromatic carbocycles. The third kappa shape index (κ3) is 4.41. The number of halogens is 3. The molecule has 0 saturated carbocycles. The predicted molar refractivity (Wildman–Crippen MR) is 98.0 cm³/mol. The van der Waals surface area contributed by atoms with E-state index in [2.05, 4.69) is 32.9 Å². The van der Waals surface area contributed by atoms with Crippen LogP contribution >= 0.6 is 22.6 Å². The number of rotatable bonds is 5. The Labute approximate surface area is 156 Å². The van der Waals surface area contributed by atoms with Crippen molar-refractivity contribution in [3.05, 3.63) is 69.8 Å². The van der Waals surface area contributed by atoms with Gasteiger partial charge in [-0.2, -0.15) is 0 Å². The summed E-state index contributed by atoms with van der Waals surface area (Å²) in [5.41, 5.74) is 0.873. The second-order valence-electron chi connectivity index (χ2n) is 5.27. The Morgan fingerprint density at radius 3 is 2.76 bits per heavy atom. The number of amides is 1. The fourth-order valence-electron chi connectivity index (χ4n) is 2.24. The topological polar surface area (TPSA) is 55.1 Å². The summed E-state index contributed by atoms with van der Waals surface area (Å²) in [7, 11) is 0. The molecule has 0 saturated heterocycles. The first-order valence-corrected chi connectivity index (χ1v) is 8.55. The first kappa shape index (κ1) is 17.5. The largest absolute Gasteiger partial charge is 0.441 e. The summed E-state index contributed by atoms with van der Waals surface area (Å²) >= 11 is 2.14. The molecule has 0 fully saturated rings. The number of anilines is 1. The van der Waals surface area contributed by atoms with E-state index >= 15 is 0 Å². The molecule has 7 heteroatoms. The Bertz CT molecular complexity index is 912. The lowest BCUT2D eigenvalue weighted by Crippen LogP contribution is -2.13. The van der Waals surface area contributed by atoms with Gasteiger partial charge in [0.05, 0.1) is 17.4 Å². The van der Waals surface area contributed by atoms with Gasteiger partial charge in [0.15, 0.2) is 11.7 Å². The number of nitrogens with zero attached hydrogens (tertiary/aromatic N) is 1. The van der Waals surface area contributed by atoms with E-state index in [1.54, 1.807) is 0 Å². The number of aryl methyl sites for hydroxylation is 1. The zero-order valence-electron chi connectivity index (χ0n) is 12.9. The maximum atomic E-state index is 13.7. The molecule has 0 bridgehead atoms. The minimum atomic E-state index is -0.723. The quantitative estimate of drug-likeness (QED) is 0.564. The van der Waals surface area contributed by atoms with Crippen LogP contribution in [0.2, 0.25) is 0 Å². The molecule has 4 nitrogen and oxygen atoms in total. The van der Waals surface area contributed by atoms with Gasteiger partial charge in [0.1, 0.15) is 11.6 Å². The zero-order valence-corrected chi connectivity index (χ0v) is 15.1. The molecule has 25 heavy (non-hydrogen) atoms. The van der Waals surface area contributed by atoms with Crippen molar-refractivity contribution in [1.82, 2.24) is 4.98 Å². The molecule has 3 aromatic rings. The van der Waals surface area contributed by atoms with Crippen molar-refractivity contribution in [3.8, 4) is 11.3 Å². The highest BCUT2D eigenvalue weighted by Gasteiger charge is 2.13. The highest BCUT2D eigenvalue weighted by Crippen LogP contribution is 2.24.